The van der Waals surface area contributed by atoms with Crippen molar-refractivity contribution in [2.45, 2.75) is 38.8 Å². The zero-order valence-corrected chi connectivity index (χ0v) is 10.8. The van der Waals surface area contributed by atoms with Crippen LogP contribution in [0.25, 0.3) is 0 Å². The van der Waals surface area contributed by atoms with E-state index in [1.54, 1.807) is 0 Å². The van der Waals surface area contributed by atoms with E-state index in [-0.39, 0.29) is 24.6 Å². The molecule has 100 valence electrons. The van der Waals surface area contributed by atoms with Crippen LogP contribution in [-0.4, -0.2) is 60.9 Å². The summed E-state index contributed by atoms with van der Waals surface area (Å²) < 4.78 is 5.22. The summed E-state index contributed by atoms with van der Waals surface area (Å²) in [5.74, 6) is 0.143. The molecule has 1 aliphatic heterocycles. The molecule has 0 bridgehead atoms. The summed E-state index contributed by atoms with van der Waals surface area (Å²) in [6.07, 6.45) is 1.66. The molecule has 0 spiro atoms. The number of hydrogen-bond donors (Lipinski definition) is 2. The van der Waals surface area contributed by atoms with Crippen LogP contribution in [0.2, 0.25) is 0 Å². The van der Waals surface area contributed by atoms with Crippen LogP contribution in [0.1, 0.15) is 26.7 Å². The summed E-state index contributed by atoms with van der Waals surface area (Å²) in [5, 5.41) is 12.0. The molecular formula is C12H24N2O3. The monoisotopic (exact) mass is 244 g/mol. The molecule has 2 N–H and O–H groups in total. The van der Waals surface area contributed by atoms with Crippen molar-refractivity contribution >= 4 is 5.91 Å². The zero-order chi connectivity index (χ0) is 12.7. The van der Waals surface area contributed by atoms with Gasteiger partial charge in [0.25, 0.3) is 0 Å². The maximum absolute atomic E-state index is 12.1. The summed E-state index contributed by atoms with van der Waals surface area (Å²) in [6, 6.07) is 0.0870. The quantitative estimate of drug-likeness (QED) is 0.689. The summed E-state index contributed by atoms with van der Waals surface area (Å²) in [7, 11) is 0. The standard InChI is InChI=1S/C12H24N2O3/c1-10(4-3-7-15)13-11(2)12(16)14-5-8-17-9-6-14/h10-11,13,15H,3-9H2,1-2H3. The molecule has 1 rings (SSSR count). The SMILES string of the molecule is CC(CCCO)NC(C)C(=O)N1CCOCC1. The van der Waals surface area contributed by atoms with Crippen molar-refractivity contribution in [1.82, 2.24) is 10.2 Å². The molecule has 5 nitrogen and oxygen atoms in total. The molecule has 1 amide bonds. The van der Waals surface area contributed by atoms with Crippen LogP contribution in [0.3, 0.4) is 0 Å². The van der Waals surface area contributed by atoms with E-state index in [2.05, 4.69) is 5.32 Å². The first-order chi connectivity index (χ1) is 8.15. The van der Waals surface area contributed by atoms with Gasteiger partial charge in [0.2, 0.25) is 5.91 Å². The fraction of sp³-hybridized carbons (Fsp3) is 0.917. The van der Waals surface area contributed by atoms with Crippen LogP contribution in [0.4, 0.5) is 0 Å². The molecule has 2 atom stereocenters. The molecule has 0 saturated carbocycles. The highest BCUT2D eigenvalue weighted by atomic mass is 16.5. The lowest BCUT2D eigenvalue weighted by Gasteiger charge is -2.30. The highest BCUT2D eigenvalue weighted by Crippen LogP contribution is 2.03. The Kier molecular flexibility index (Phi) is 6.47. The van der Waals surface area contributed by atoms with Crippen LogP contribution in [0.5, 0.6) is 0 Å². The van der Waals surface area contributed by atoms with Crippen molar-refractivity contribution < 1.29 is 14.6 Å². The van der Waals surface area contributed by atoms with E-state index in [9.17, 15) is 4.79 Å². The van der Waals surface area contributed by atoms with E-state index in [0.29, 0.717) is 26.3 Å². The van der Waals surface area contributed by atoms with E-state index in [4.69, 9.17) is 9.84 Å². The zero-order valence-electron chi connectivity index (χ0n) is 10.8. The Balaban J connectivity index is 2.29. The normalized spacial score (nSPS) is 20.1. The van der Waals surface area contributed by atoms with Crippen molar-refractivity contribution in [2.24, 2.45) is 0 Å². The van der Waals surface area contributed by atoms with Crippen LogP contribution in [-0.2, 0) is 9.53 Å². The van der Waals surface area contributed by atoms with Gasteiger partial charge in [-0.2, -0.15) is 0 Å². The van der Waals surface area contributed by atoms with Gasteiger partial charge in [-0.15, -0.1) is 0 Å². The molecule has 0 aromatic carbocycles. The third-order valence-electron chi connectivity index (χ3n) is 3.02. The molecule has 0 aromatic rings. The van der Waals surface area contributed by atoms with Crippen molar-refractivity contribution in [3.63, 3.8) is 0 Å². The molecule has 1 fully saturated rings. The van der Waals surface area contributed by atoms with Crippen molar-refractivity contribution in [2.75, 3.05) is 32.9 Å². The lowest BCUT2D eigenvalue weighted by molar-refractivity contribution is -0.137. The Morgan fingerprint density at radius 1 is 1.41 bits per heavy atom. The van der Waals surface area contributed by atoms with Crippen molar-refractivity contribution in [3.8, 4) is 0 Å². The number of hydrogen-bond acceptors (Lipinski definition) is 4. The number of carbonyl (C=O) groups excluding carboxylic acids is 1. The van der Waals surface area contributed by atoms with E-state index >= 15 is 0 Å². The van der Waals surface area contributed by atoms with Gasteiger partial charge in [-0.05, 0) is 26.7 Å². The van der Waals surface area contributed by atoms with Gasteiger partial charge in [0, 0.05) is 25.7 Å². The highest BCUT2D eigenvalue weighted by Gasteiger charge is 2.22. The van der Waals surface area contributed by atoms with Gasteiger partial charge in [0.05, 0.1) is 19.3 Å². The Bertz CT molecular complexity index is 230. The second-order valence-corrected chi connectivity index (χ2v) is 4.59. The minimum absolute atomic E-state index is 0.143. The highest BCUT2D eigenvalue weighted by molar-refractivity contribution is 5.81. The van der Waals surface area contributed by atoms with Gasteiger partial charge in [0.15, 0.2) is 0 Å². The lowest BCUT2D eigenvalue weighted by Crippen LogP contribution is -2.51. The maximum atomic E-state index is 12.1. The van der Waals surface area contributed by atoms with Crippen LogP contribution >= 0.6 is 0 Å². The number of ether oxygens (including phenoxy) is 1. The summed E-state index contributed by atoms with van der Waals surface area (Å²) in [4.78, 5) is 13.9. The van der Waals surface area contributed by atoms with Crippen LogP contribution in [0.15, 0.2) is 0 Å². The number of carbonyl (C=O) groups is 1. The molecular weight excluding hydrogens is 220 g/mol. The first kappa shape index (κ1) is 14.4. The van der Waals surface area contributed by atoms with Gasteiger partial charge in [-0.25, -0.2) is 0 Å². The average molecular weight is 244 g/mol. The van der Waals surface area contributed by atoms with Gasteiger partial charge < -0.3 is 20.1 Å². The van der Waals surface area contributed by atoms with Crippen molar-refractivity contribution in [1.29, 1.82) is 0 Å². The number of aliphatic hydroxyl groups excluding tert-OH is 1. The molecule has 1 heterocycles. The second kappa shape index (κ2) is 7.63. The second-order valence-electron chi connectivity index (χ2n) is 4.59. The predicted octanol–water partition coefficient (Wildman–Crippen LogP) is -0.0157. The smallest absolute Gasteiger partial charge is 0.239 e. The van der Waals surface area contributed by atoms with E-state index < -0.39 is 0 Å². The average Bonchev–Trinajstić information content (AvgIpc) is 2.36. The molecule has 1 saturated heterocycles. The van der Waals surface area contributed by atoms with Crippen molar-refractivity contribution in [3.05, 3.63) is 0 Å². The fourth-order valence-electron chi connectivity index (χ4n) is 2.04. The minimum Gasteiger partial charge on any atom is -0.396 e. The third kappa shape index (κ3) is 5.02. The topological polar surface area (TPSA) is 61.8 Å². The van der Waals surface area contributed by atoms with E-state index in [0.717, 1.165) is 12.8 Å². The Morgan fingerprint density at radius 2 is 2.06 bits per heavy atom. The third-order valence-corrected chi connectivity index (χ3v) is 3.02. The summed E-state index contributed by atoms with van der Waals surface area (Å²) in [6.45, 7) is 6.80. The molecule has 0 radical (unpaired) electrons. The molecule has 1 aliphatic rings. The van der Waals surface area contributed by atoms with Gasteiger partial charge >= 0.3 is 0 Å². The molecule has 0 aliphatic carbocycles. The first-order valence-corrected chi connectivity index (χ1v) is 6.38. The fourth-order valence-corrected chi connectivity index (χ4v) is 2.04. The molecule has 17 heavy (non-hydrogen) atoms. The number of aliphatic hydroxyl groups is 1. The Labute approximate surface area is 103 Å². The first-order valence-electron chi connectivity index (χ1n) is 6.38. The van der Waals surface area contributed by atoms with Crippen LogP contribution < -0.4 is 5.32 Å². The number of morpholine rings is 1. The number of nitrogens with zero attached hydrogens (tertiary/aromatic N) is 1. The predicted molar refractivity (Wildman–Crippen MR) is 65.8 cm³/mol. The molecule has 5 heteroatoms. The minimum atomic E-state index is -0.165. The number of rotatable bonds is 6. The number of nitrogens with one attached hydrogen (secondary N) is 1. The molecule has 0 aromatic heterocycles. The van der Waals surface area contributed by atoms with Gasteiger partial charge in [-0.1, -0.05) is 0 Å². The largest absolute Gasteiger partial charge is 0.396 e. The maximum Gasteiger partial charge on any atom is 0.239 e. The van der Waals surface area contributed by atoms with Crippen LogP contribution in [0, 0.1) is 0 Å². The Morgan fingerprint density at radius 3 is 2.65 bits per heavy atom. The van der Waals surface area contributed by atoms with E-state index in [1.807, 2.05) is 18.7 Å². The lowest BCUT2D eigenvalue weighted by atomic mass is 10.1. The van der Waals surface area contributed by atoms with E-state index in [1.165, 1.54) is 0 Å². The summed E-state index contributed by atoms with van der Waals surface area (Å²) >= 11 is 0. The Hall–Kier alpha value is -0.650. The van der Waals surface area contributed by atoms with Gasteiger partial charge in [-0.3, -0.25) is 4.79 Å². The van der Waals surface area contributed by atoms with Gasteiger partial charge in [0.1, 0.15) is 0 Å². The summed E-state index contributed by atoms with van der Waals surface area (Å²) in [5.41, 5.74) is 0. The number of amides is 1. The molecule has 2 unspecified atom stereocenters.